The monoisotopic (exact) mass is 547 g/mol. The summed E-state index contributed by atoms with van der Waals surface area (Å²) in [4.78, 5) is 26.6. The van der Waals surface area contributed by atoms with Crippen LogP contribution in [0.25, 0.3) is 0 Å². The van der Waals surface area contributed by atoms with E-state index >= 15 is 0 Å². The van der Waals surface area contributed by atoms with Gasteiger partial charge in [-0.25, -0.2) is 0 Å². The number of nitrogens with one attached hydrogen (secondary N) is 2. The summed E-state index contributed by atoms with van der Waals surface area (Å²) in [6.45, 7) is 0.174. The molecule has 2 aliphatic rings. The van der Waals surface area contributed by atoms with Gasteiger partial charge >= 0.3 is 12.4 Å². The lowest BCUT2D eigenvalue weighted by atomic mass is 9.90. The maximum atomic E-state index is 12.8. The van der Waals surface area contributed by atoms with Crippen molar-refractivity contribution >= 4 is 11.8 Å². The smallest absolute Gasteiger partial charge is 0.390 e. The fourth-order valence-corrected chi connectivity index (χ4v) is 4.99. The van der Waals surface area contributed by atoms with Gasteiger partial charge in [-0.05, 0) is 49.9 Å². The molecule has 38 heavy (non-hydrogen) atoms. The highest BCUT2D eigenvalue weighted by Gasteiger charge is 2.38. The zero-order chi connectivity index (χ0) is 27.7. The van der Waals surface area contributed by atoms with Crippen LogP contribution in [-0.2, 0) is 17.1 Å². The summed E-state index contributed by atoms with van der Waals surface area (Å²) >= 11 is 0. The molecule has 0 spiro atoms. The van der Waals surface area contributed by atoms with Crippen molar-refractivity contribution in [1.29, 1.82) is 0 Å². The highest BCUT2D eigenvalue weighted by molar-refractivity contribution is 5.96. The van der Waals surface area contributed by atoms with Crippen molar-refractivity contribution in [2.24, 2.45) is 0 Å². The van der Waals surface area contributed by atoms with Crippen LogP contribution < -0.4 is 10.6 Å². The number of amides is 2. The third-order valence-corrected chi connectivity index (χ3v) is 6.98. The Morgan fingerprint density at radius 3 is 2.29 bits per heavy atom. The third kappa shape index (κ3) is 6.65. The van der Waals surface area contributed by atoms with E-state index in [1.165, 1.54) is 16.9 Å². The Bertz CT molecular complexity index is 1140. The number of carbonyl (C=O) groups is 2. The Labute approximate surface area is 214 Å². The topological polar surface area (TPSA) is 99.5 Å². The number of aliphatic hydroxyl groups is 1. The molecule has 1 aromatic heterocycles. The summed E-state index contributed by atoms with van der Waals surface area (Å²) in [6.07, 6.45) is -6.01. The van der Waals surface area contributed by atoms with Crippen molar-refractivity contribution in [3.8, 4) is 0 Å². The number of aromatic nitrogens is 2. The summed E-state index contributed by atoms with van der Waals surface area (Å²) in [5, 5.41) is 19.0. The number of carbonyl (C=O) groups excluding carboxylic acids is 2. The quantitative estimate of drug-likeness (QED) is 0.483. The molecule has 0 unspecified atom stereocenters. The second-order valence-corrected chi connectivity index (χ2v) is 9.60. The Morgan fingerprint density at radius 1 is 0.974 bits per heavy atom. The summed E-state index contributed by atoms with van der Waals surface area (Å²) < 4.78 is 78.4. The van der Waals surface area contributed by atoms with Gasteiger partial charge in [-0.15, -0.1) is 0 Å². The lowest BCUT2D eigenvalue weighted by Crippen LogP contribution is -2.47. The molecule has 2 aromatic rings. The maximum absolute atomic E-state index is 12.8. The average Bonchev–Trinajstić information content (AvgIpc) is 3.50. The van der Waals surface area contributed by atoms with Crippen LogP contribution in [0.4, 0.5) is 26.3 Å². The van der Waals surface area contributed by atoms with Crippen LogP contribution in [0.15, 0.2) is 36.5 Å². The molecule has 0 bridgehead atoms. The van der Waals surface area contributed by atoms with E-state index in [2.05, 4.69) is 15.7 Å². The molecule has 1 aromatic carbocycles. The zero-order valence-corrected chi connectivity index (χ0v) is 20.1. The van der Waals surface area contributed by atoms with E-state index in [0.29, 0.717) is 44.8 Å². The first-order valence-electron chi connectivity index (χ1n) is 12.1. The molecule has 1 saturated carbocycles. The number of aliphatic hydroxyl groups excluding tert-OH is 1. The van der Waals surface area contributed by atoms with E-state index in [9.17, 15) is 41.0 Å². The van der Waals surface area contributed by atoms with Gasteiger partial charge in [0.2, 0.25) is 5.91 Å². The number of halogens is 6. The van der Waals surface area contributed by atoms with Crippen molar-refractivity contribution in [3.05, 3.63) is 53.3 Å². The molecule has 1 aliphatic heterocycles. The van der Waals surface area contributed by atoms with Gasteiger partial charge in [0.25, 0.3) is 5.91 Å². The van der Waals surface area contributed by atoms with Gasteiger partial charge < -0.3 is 15.7 Å². The van der Waals surface area contributed by atoms with Crippen LogP contribution >= 0.6 is 0 Å². The Morgan fingerprint density at radius 2 is 1.66 bits per heavy atom. The number of likely N-dealkylation sites (tertiary alicyclic amines) is 1. The van der Waals surface area contributed by atoms with E-state index in [1.807, 2.05) is 4.90 Å². The van der Waals surface area contributed by atoms with Crippen LogP contribution in [0.5, 0.6) is 0 Å². The zero-order valence-electron chi connectivity index (χ0n) is 20.1. The Hall–Kier alpha value is -3.13. The molecular formula is C24H27F6N5O3. The van der Waals surface area contributed by atoms with E-state index in [4.69, 9.17) is 0 Å². The minimum absolute atomic E-state index is 0.0843. The molecule has 4 rings (SSSR count). The lowest BCUT2D eigenvalue weighted by molar-refractivity contribution is -0.141. The van der Waals surface area contributed by atoms with E-state index in [-0.39, 0.29) is 17.6 Å². The predicted molar refractivity (Wildman–Crippen MR) is 122 cm³/mol. The molecule has 0 radical (unpaired) electrons. The lowest BCUT2D eigenvalue weighted by Gasteiger charge is -2.34. The van der Waals surface area contributed by atoms with Crippen LogP contribution in [0.2, 0.25) is 0 Å². The fraction of sp³-hybridized carbons (Fsp3) is 0.542. The number of benzene rings is 1. The summed E-state index contributed by atoms with van der Waals surface area (Å²) in [6, 6.07) is 4.13. The van der Waals surface area contributed by atoms with Gasteiger partial charge in [-0.3, -0.25) is 19.2 Å². The SMILES string of the molecule is O=C(CNC(=O)c1cccc(C(F)(F)F)c1)N[C@H]1CN(C2CCC(n3ccc(C(F)(F)F)n3)CC2)C[C@@H]1O. The van der Waals surface area contributed by atoms with Crippen molar-refractivity contribution in [2.45, 2.75) is 62.3 Å². The highest BCUT2D eigenvalue weighted by Crippen LogP contribution is 2.34. The van der Waals surface area contributed by atoms with Gasteiger partial charge in [-0.1, -0.05) is 6.07 Å². The molecule has 14 heteroatoms. The maximum Gasteiger partial charge on any atom is 0.435 e. The van der Waals surface area contributed by atoms with E-state index in [1.54, 1.807) is 0 Å². The van der Waals surface area contributed by atoms with Crippen LogP contribution in [0.3, 0.4) is 0 Å². The standard InChI is InChI=1S/C24H27F6N5O3/c25-23(26,27)15-3-1-2-14(10-15)22(38)31-11-21(37)32-18-12-34(13-19(18)36)16-4-6-17(7-5-16)35-9-8-20(33-35)24(28,29)30/h1-3,8-10,16-19,36H,4-7,11-13H2,(H,31,38)(H,32,37)/t16?,17?,18-,19-/m0/s1. The summed E-state index contributed by atoms with van der Waals surface area (Å²) in [5.41, 5.74) is -2.14. The number of alkyl halides is 6. The van der Waals surface area contributed by atoms with Crippen LogP contribution in [0.1, 0.15) is 53.3 Å². The van der Waals surface area contributed by atoms with Crippen LogP contribution in [-0.4, -0.2) is 69.4 Å². The summed E-state index contributed by atoms with van der Waals surface area (Å²) in [5.74, 6) is -1.43. The normalized spacial score (nSPS) is 24.8. The second kappa shape index (κ2) is 10.9. The van der Waals surface area contributed by atoms with Gasteiger partial charge in [0.15, 0.2) is 5.69 Å². The van der Waals surface area contributed by atoms with E-state index in [0.717, 1.165) is 18.2 Å². The first-order chi connectivity index (χ1) is 17.8. The number of hydrogen-bond acceptors (Lipinski definition) is 5. The number of hydrogen-bond donors (Lipinski definition) is 3. The average molecular weight is 548 g/mol. The summed E-state index contributed by atoms with van der Waals surface area (Å²) in [7, 11) is 0. The van der Waals surface area contributed by atoms with Gasteiger partial charge in [-0.2, -0.15) is 31.4 Å². The largest absolute Gasteiger partial charge is 0.435 e. The number of nitrogens with zero attached hydrogens (tertiary/aromatic N) is 3. The van der Waals surface area contributed by atoms with Gasteiger partial charge in [0.1, 0.15) is 0 Å². The first-order valence-corrected chi connectivity index (χ1v) is 12.1. The molecule has 1 aliphatic carbocycles. The van der Waals surface area contributed by atoms with Crippen molar-refractivity contribution in [3.63, 3.8) is 0 Å². The minimum Gasteiger partial charge on any atom is -0.390 e. The molecule has 2 amide bonds. The van der Waals surface area contributed by atoms with Crippen molar-refractivity contribution in [2.75, 3.05) is 19.6 Å². The van der Waals surface area contributed by atoms with Crippen molar-refractivity contribution in [1.82, 2.24) is 25.3 Å². The molecule has 208 valence electrons. The fourth-order valence-electron chi connectivity index (χ4n) is 4.99. The molecule has 2 heterocycles. The van der Waals surface area contributed by atoms with Crippen molar-refractivity contribution < 1.29 is 41.0 Å². The Kier molecular flexibility index (Phi) is 8.02. The molecule has 2 atom stereocenters. The first kappa shape index (κ1) is 27.9. The third-order valence-electron chi connectivity index (χ3n) is 6.98. The highest BCUT2D eigenvalue weighted by atomic mass is 19.4. The molecule has 3 N–H and O–H groups in total. The van der Waals surface area contributed by atoms with E-state index < -0.39 is 54.1 Å². The van der Waals surface area contributed by atoms with Gasteiger partial charge in [0.05, 0.1) is 30.3 Å². The molecule has 8 nitrogen and oxygen atoms in total. The minimum atomic E-state index is -4.60. The predicted octanol–water partition coefficient (Wildman–Crippen LogP) is 3.00. The molecule has 1 saturated heterocycles. The van der Waals surface area contributed by atoms with Gasteiger partial charge in [0, 0.05) is 30.9 Å². The molecule has 2 fully saturated rings. The number of rotatable bonds is 6. The molecular weight excluding hydrogens is 520 g/mol. The second-order valence-electron chi connectivity index (χ2n) is 9.60. The Balaban J connectivity index is 1.23. The number of β-amino-alcohol motifs (C(OH)–C–C–N with tert-alkyl or cyclic N) is 1. The van der Waals surface area contributed by atoms with Crippen LogP contribution in [0, 0.1) is 0 Å².